The maximum atomic E-state index is 12.1. The first-order chi connectivity index (χ1) is 11.5. The topological polar surface area (TPSA) is 98.9 Å². The highest BCUT2D eigenvalue weighted by Gasteiger charge is 2.18. The van der Waals surface area contributed by atoms with Crippen LogP contribution in [0.1, 0.15) is 18.4 Å². The Balaban J connectivity index is 1.90. The molecule has 0 aliphatic heterocycles. The van der Waals surface area contributed by atoms with Crippen LogP contribution in [0.5, 0.6) is 11.5 Å². The molecule has 2 rings (SSSR count). The molecule has 1 aliphatic carbocycles. The van der Waals surface area contributed by atoms with Crippen molar-refractivity contribution in [1.82, 2.24) is 0 Å². The largest absolute Gasteiger partial charge is 0.508 e. The number of allylic oxidation sites excluding steroid dienone is 3. The van der Waals surface area contributed by atoms with E-state index in [9.17, 15) is 20.0 Å². The van der Waals surface area contributed by atoms with Gasteiger partial charge in [-0.1, -0.05) is 18.2 Å². The maximum absolute atomic E-state index is 12.1. The van der Waals surface area contributed by atoms with Gasteiger partial charge in [-0.2, -0.15) is 12.6 Å². The van der Waals surface area contributed by atoms with Gasteiger partial charge in [0.25, 0.3) is 5.09 Å². The van der Waals surface area contributed by atoms with E-state index in [-0.39, 0.29) is 24.7 Å². The standard InChI is InChI=1S/C16H17NO6S/c18-14-4-5-15(13(8-14)10-24)23-16(19)7-11-2-1-3-12(6-11)9-22-17(20)21/h1-5,8,11,18,24H,6-7,9-10H2. The molecule has 7 nitrogen and oxygen atoms in total. The van der Waals surface area contributed by atoms with Crippen molar-refractivity contribution in [3.05, 3.63) is 57.7 Å². The van der Waals surface area contributed by atoms with Gasteiger partial charge in [-0.25, -0.2) is 0 Å². The van der Waals surface area contributed by atoms with Gasteiger partial charge >= 0.3 is 5.97 Å². The Labute approximate surface area is 144 Å². The first-order valence-corrected chi connectivity index (χ1v) is 7.88. The number of hydrogen-bond donors (Lipinski definition) is 2. The SMILES string of the molecule is O=C(CC1C=CC=C(CO[N+](=O)[O-])C1)Oc1ccc(O)cc1CS. The fourth-order valence-electron chi connectivity index (χ4n) is 2.37. The molecule has 1 aliphatic rings. The zero-order valence-corrected chi connectivity index (χ0v) is 13.6. The zero-order valence-electron chi connectivity index (χ0n) is 12.8. The normalized spacial score (nSPS) is 16.4. The third-order valence-electron chi connectivity index (χ3n) is 3.46. The molecule has 1 aromatic rings. The van der Waals surface area contributed by atoms with Crippen LogP contribution in [0.15, 0.2) is 42.0 Å². The van der Waals surface area contributed by atoms with Crippen molar-refractivity contribution in [3.8, 4) is 11.5 Å². The highest BCUT2D eigenvalue weighted by Crippen LogP contribution is 2.27. The van der Waals surface area contributed by atoms with Gasteiger partial charge in [-0.3, -0.25) is 4.79 Å². The molecule has 0 aromatic heterocycles. The molecule has 24 heavy (non-hydrogen) atoms. The van der Waals surface area contributed by atoms with Crippen molar-refractivity contribution in [2.45, 2.75) is 18.6 Å². The van der Waals surface area contributed by atoms with Crippen molar-refractivity contribution in [2.24, 2.45) is 5.92 Å². The van der Waals surface area contributed by atoms with E-state index >= 15 is 0 Å². The molecule has 0 saturated heterocycles. The molecular formula is C16H17NO6S. The average Bonchev–Trinajstić information content (AvgIpc) is 2.55. The molecule has 1 aromatic carbocycles. The molecule has 128 valence electrons. The predicted octanol–water partition coefficient (Wildman–Crippen LogP) is 2.83. The molecule has 0 bridgehead atoms. The lowest BCUT2D eigenvalue weighted by Gasteiger charge is -2.17. The minimum absolute atomic E-state index is 0.0784. The first-order valence-electron chi connectivity index (χ1n) is 7.25. The molecule has 0 fully saturated rings. The highest BCUT2D eigenvalue weighted by molar-refractivity contribution is 7.79. The van der Waals surface area contributed by atoms with Gasteiger partial charge in [-0.05, 0) is 36.1 Å². The lowest BCUT2D eigenvalue weighted by molar-refractivity contribution is -0.755. The number of phenols is 1. The minimum Gasteiger partial charge on any atom is -0.508 e. The summed E-state index contributed by atoms with van der Waals surface area (Å²) in [5.74, 6) is 0.236. The Hall–Kier alpha value is -2.48. The Morgan fingerprint density at radius 2 is 2.25 bits per heavy atom. The molecule has 1 N–H and O–H groups in total. The van der Waals surface area contributed by atoms with Crippen molar-refractivity contribution >= 4 is 18.6 Å². The number of phenolic OH excluding ortho intramolecular Hbond substituents is 1. The van der Waals surface area contributed by atoms with Gasteiger partial charge in [0.2, 0.25) is 0 Å². The number of thiol groups is 1. The van der Waals surface area contributed by atoms with E-state index in [1.807, 2.05) is 6.08 Å². The first kappa shape index (κ1) is 17.9. The number of carbonyl (C=O) groups is 1. The quantitative estimate of drug-likeness (QED) is 0.258. The fourth-order valence-corrected chi connectivity index (χ4v) is 2.62. The summed E-state index contributed by atoms with van der Waals surface area (Å²) in [5, 5.41) is 18.8. The number of benzene rings is 1. The smallest absolute Gasteiger partial charge is 0.311 e. The zero-order chi connectivity index (χ0) is 17.5. The van der Waals surface area contributed by atoms with Crippen LogP contribution in [0.2, 0.25) is 0 Å². The monoisotopic (exact) mass is 351 g/mol. The van der Waals surface area contributed by atoms with Gasteiger partial charge in [0.1, 0.15) is 18.1 Å². The Kier molecular flexibility index (Phi) is 6.25. The second-order valence-corrected chi connectivity index (χ2v) is 5.62. The van der Waals surface area contributed by atoms with E-state index in [0.29, 0.717) is 23.5 Å². The molecule has 1 unspecified atom stereocenters. The summed E-state index contributed by atoms with van der Waals surface area (Å²) < 4.78 is 5.34. The van der Waals surface area contributed by atoms with E-state index in [2.05, 4.69) is 17.5 Å². The van der Waals surface area contributed by atoms with E-state index in [4.69, 9.17) is 4.74 Å². The number of carbonyl (C=O) groups excluding carboxylic acids is 1. The minimum atomic E-state index is -0.841. The van der Waals surface area contributed by atoms with Crippen LogP contribution in [-0.2, 0) is 15.4 Å². The van der Waals surface area contributed by atoms with Gasteiger partial charge in [0.05, 0.1) is 6.42 Å². The highest BCUT2D eigenvalue weighted by atomic mass is 32.1. The van der Waals surface area contributed by atoms with E-state index in [1.54, 1.807) is 12.2 Å². The Morgan fingerprint density at radius 3 is 2.96 bits per heavy atom. The van der Waals surface area contributed by atoms with Crippen LogP contribution in [0.3, 0.4) is 0 Å². The summed E-state index contributed by atoms with van der Waals surface area (Å²) in [6, 6.07) is 4.45. The van der Waals surface area contributed by atoms with E-state index in [1.165, 1.54) is 18.2 Å². The Morgan fingerprint density at radius 1 is 1.46 bits per heavy atom. The van der Waals surface area contributed by atoms with Gasteiger partial charge in [0.15, 0.2) is 0 Å². The molecule has 8 heteroatoms. The molecule has 0 spiro atoms. The number of hydrogen-bond acceptors (Lipinski definition) is 7. The molecule has 0 amide bonds. The molecular weight excluding hydrogens is 334 g/mol. The van der Waals surface area contributed by atoms with Crippen LogP contribution in [0, 0.1) is 16.0 Å². The van der Waals surface area contributed by atoms with Crippen LogP contribution < -0.4 is 4.74 Å². The molecule has 0 radical (unpaired) electrons. The van der Waals surface area contributed by atoms with E-state index in [0.717, 1.165) is 5.57 Å². The summed E-state index contributed by atoms with van der Waals surface area (Å²) >= 11 is 4.14. The van der Waals surface area contributed by atoms with Crippen molar-refractivity contribution in [1.29, 1.82) is 0 Å². The van der Waals surface area contributed by atoms with Gasteiger partial charge in [0, 0.05) is 11.3 Å². The second kappa shape index (κ2) is 8.39. The number of esters is 1. The summed E-state index contributed by atoms with van der Waals surface area (Å²) in [6.07, 6.45) is 5.98. The molecule has 1 atom stereocenters. The van der Waals surface area contributed by atoms with E-state index < -0.39 is 11.1 Å². The number of rotatable bonds is 7. The molecule has 0 heterocycles. The lowest BCUT2D eigenvalue weighted by Crippen LogP contribution is -2.16. The van der Waals surface area contributed by atoms with Crippen LogP contribution in [-0.4, -0.2) is 22.8 Å². The third-order valence-corrected chi connectivity index (χ3v) is 3.80. The third kappa shape index (κ3) is 5.31. The number of aromatic hydroxyl groups is 1. The summed E-state index contributed by atoms with van der Waals surface area (Å²) in [6.45, 7) is -0.106. The van der Waals surface area contributed by atoms with Gasteiger partial charge < -0.3 is 14.7 Å². The predicted molar refractivity (Wildman–Crippen MR) is 89.3 cm³/mol. The van der Waals surface area contributed by atoms with Crippen molar-refractivity contribution < 1.29 is 24.6 Å². The Bertz CT molecular complexity index is 685. The fraction of sp³-hybridized carbons (Fsp3) is 0.312. The summed E-state index contributed by atoms with van der Waals surface area (Å²) in [7, 11) is 0. The molecule has 0 saturated carbocycles. The number of nitrogens with zero attached hydrogens (tertiary/aromatic N) is 1. The van der Waals surface area contributed by atoms with Gasteiger partial charge in [-0.15, -0.1) is 10.1 Å². The van der Waals surface area contributed by atoms with Crippen molar-refractivity contribution in [2.75, 3.05) is 6.61 Å². The summed E-state index contributed by atoms with van der Waals surface area (Å²) in [5.41, 5.74) is 1.36. The second-order valence-electron chi connectivity index (χ2n) is 5.30. The van der Waals surface area contributed by atoms with Crippen LogP contribution >= 0.6 is 12.6 Å². The van der Waals surface area contributed by atoms with Crippen molar-refractivity contribution in [3.63, 3.8) is 0 Å². The lowest BCUT2D eigenvalue weighted by atomic mass is 9.92. The average molecular weight is 351 g/mol. The maximum Gasteiger partial charge on any atom is 0.311 e. The van der Waals surface area contributed by atoms with Crippen LogP contribution in [0.25, 0.3) is 0 Å². The van der Waals surface area contributed by atoms with Crippen LogP contribution in [0.4, 0.5) is 0 Å². The number of ether oxygens (including phenoxy) is 1. The summed E-state index contributed by atoms with van der Waals surface area (Å²) in [4.78, 5) is 26.7.